The number of hydrogen-bond acceptors (Lipinski definition) is 2. The van der Waals surface area contributed by atoms with Gasteiger partial charge in [-0.25, -0.2) is 0 Å². The molecule has 1 N–H and O–H groups in total. The smallest absolute Gasteiger partial charge is 0.290 e. The first-order valence-corrected chi connectivity index (χ1v) is 6.98. The van der Waals surface area contributed by atoms with E-state index >= 15 is 0 Å². The summed E-state index contributed by atoms with van der Waals surface area (Å²) >= 11 is 6.04. The van der Waals surface area contributed by atoms with Crippen molar-refractivity contribution in [3.63, 3.8) is 0 Å². The highest BCUT2D eigenvalue weighted by atomic mass is 35.5. The molecule has 0 atom stereocenters. The highest BCUT2D eigenvalue weighted by molar-refractivity contribution is 6.32. The van der Waals surface area contributed by atoms with Gasteiger partial charge in [0.15, 0.2) is 11.9 Å². The number of halogens is 1. The van der Waals surface area contributed by atoms with Crippen LogP contribution in [0.15, 0.2) is 36.5 Å². The Hall–Kier alpha value is -2.07. The molecular weight excluding hydrogens is 288 g/mol. The number of ether oxygens (including phenoxy) is 1. The molecule has 0 fully saturated rings. The molecular formula is C16H18ClN2O2+. The maximum atomic E-state index is 12.1. The predicted molar refractivity (Wildman–Crippen MR) is 82.7 cm³/mol. The van der Waals surface area contributed by atoms with Crippen molar-refractivity contribution in [1.82, 2.24) is 0 Å². The third-order valence-electron chi connectivity index (χ3n) is 3.36. The van der Waals surface area contributed by atoms with Gasteiger partial charge in [-0.05, 0) is 31.2 Å². The van der Waals surface area contributed by atoms with Crippen LogP contribution in [0, 0.1) is 13.8 Å². The number of carbonyl (C=O) groups is 1. The molecule has 1 aromatic heterocycles. The number of nitrogens with one attached hydrogen (secondary N) is 1. The maximum Gasteiger partial charge on any atom is 0.290 e. The van der Waals surface area contributed by atoms with Crippen molar-refractivity contribution in [2.24, 2.45) is 0 Å². The number of carbonyl (C=O) groups excluding carboxylic acids is 1. The molecule has 1 heterocycles. The van der Waals surface area contributed by atoms with E-state index in [1.54, 1.807) is 25.3 Å². The molecule has 0 unspecified atom stereocenters. The second kappa shape index (κ2) is 6.59. The number of nitrogens with zero attached hydrogens (tertiary/aromatic N) is 1. The van der Waals surface area contributed by atoms with Crippen molar-refractivity contribution >= 4 is 23.2 Å². The van der Waals surface area contributed by atoms with Crippen LogP contribution in [0.25, 0.3) is 0 Å². The summed E-state index contributed by atoms with van der Waals surface area (Å²) in [7, 11) is 1.55. The zero-order valence-corrected chi connectivity index (χ0v) is 13.1. The van der Waals surface area contributed by atoms with E-state index in [1.807, 2.05) is 36.7 Å². The largest absolute Gasteiger partial charge is 0.495 e. The number of benzene rings is 1. The Bertz CT molecular complexity index is 671. The molecule has 5 heteroatoms. The van der Waals surface area contributed by atoms with Crippen molar-refractivity contribution in [2.75, 3.05) is 12.4 Å². The van der Waals surface area contributed by atoms with E-state index in [0.717, 1.165) is 11.3 Å². The van der Waals surface area contributed by atoms with Gasteiger partial charge in [0.1, 0.15) is 5.75 Å². The fraction of sp³-hybridized carbons (Fsp3) is 0.250. The van der Waals surface area contributed by atoms with Gasteiger partial charge >= 0.3 is 0 Å². The molecule has 4 nitrogen and oxygen atoms in total. The molecule has 2 aromatic rings. The van der Waals surface area contributed by atoms with E-state index in [1.165, 1.54) is 0 Å². The molecule has 0 aliphatic heterocycles. The van der Waals surface area contributed by atoms with Crippen LogP contribution in [-0.2, 0) is 11.3 Å². The first kappa shape index (κ1) is 15.3. The van der Waals surface area contributed by atoms with Gasteiger partial charge in [-0.2, -0.15) is 4.57 Å². The topological polar surface area (TPSA) is 42.2 Å². The standard InChI is InChI=1S/C16H17ClN2O2/c1-11-5-4-8-19(12(11)2)10-16(20)18-13-6-7-15(21-3)14(17)9-13/h4-9H,10H2,1-3H3/p+1. The summed E-state index contributed by atoms with van der Waals surface area (Å²) in [5.74, 6) is 0.480. The lowest BCUT2D eigenvalue weighted by molar-refractivity contribution is -0.690. The Morgan fingerprint density at radius 3 is 2.76 bits per heavy atom. The molecule has 1 amide bonds. The number of rotatable bonds is 4. The van der Waals surface area contributed by atoms with E-state index < -0.39 is 0 Å². The molecule has 0 aliphatic rings. The number of methoxy groups -OCH3 is 1. The van der Waals surface area contributed by atoms with Gasteiger partial charge in [-0.1, -0.05) is 11.6 Å². The van der Waals surface area contributed by atoms with Gasteiger partial charge in [0.05, 0.1) is 12.1 Å². The normalized spacial score (nSPS) is 10.3. The lowest BCUT2D eigenvalue weighted by atomic mass is 10.2. The van der Waals surface area contributed by atoms with Crippen molar-refractivity contribution in [2.45, 2.75) is 20.4 Å². The number of anilines is 1. The van der Waals surface area contributed by atoms with E-state index in [2.05, 4.69) is 5.32 Å². The summed E-state index contributed by atoms with van der Waals surface area (Å²) in [6.45, 7) is 4.27. The maximum absolute atomic E-state index is 12.1. The van der Waals surface area contributed by atoms with Crippen LogP contribution in [0.5, 0.6) is 5.75 Å². The molecule has 1 aromatic carbocycles. The molecule has 0 saturated heterocycles. The number of aryl methyl sites for hydroxylation is 1. The van der Waals surface area contributed by atoms with E-state index in [0.29, 0.717) is 16.5 Å². The fourth-order valence-electron chi connectivity index (χ4n) is 2.02. The highest BCUT2D eigenvalue weighted by Gasteiger charge is 2.14. The first-order chi connectivity index (χ1) is 10.0. The van der Waals surface area contributed by atoms with Crippen LogP contribution >= 0.6 is 11.6 Å². The second-order valence-corrected chi connectivity index (χ2v) is 5.21. The average molecular weight is 306 g/mol. The van der Waals surface area contributed by atoms with Gasteiger partial charge in [-0.3, -0.25) is 4.79 Å². The summed E-state index contributed by atoms with van der Waals surface area (Å²) in [4.78, 5) is 12.1. The monoisotopic (exact) mass is 305 g/mol. The predicted octanol–water partition coefficient (Wildman–Crippen LogP) is 2.89. The summed E-state index contributed by atoms with van der Waals surface area (Å²) in [5.41, 5.74) is 2.87. The Labute approximate surface area is 129 Å². The molecule has 0 radical (unpaired) electrons. The van der Waals surface area contributed by atoms with Gasteiger partial charge in [-0.15, -0.1) is 0 Å². The minimum Gasteiger partial charge on any atom is -0.495 e. The van der Waals surface area contributed by atoms with Crippen LogP contribution in [0.4, 0.5) is 5.69 Å². The van der Waals surface area contributed by atoms with Gasteiger partial charge < -0.3 is 10.1 Å². The molecule has 2 rings (SSSR count). The zero-order chi connectivity index (χ0) is 15.4. The molecule has 110 valence electrons. The highest BCUT2D eigenvalue weighted by Crippen LogP contribution is 2.27. The summed E-state index contributed by atoms with van der Waals surface area (Å²) < 4.78 is 6.99. The minimum atomic E-state index is -0.102. The van der Waals surface area contributed by atoms with Crippen LogP contribution in [0.3, 0.4) is 0 Å². The second-order valence-electron chi connectivity index (χ2n) is 4.80. The van der Waals surface area contributed by atoms with Crippen LogP contribution in [0.1, 0.15) is 11.3 Å². The Morgan fingerprint density at radius 1 is 1.33 bits per heavy atom. The Morgan fingerprint density at radius 2 is 2.10 bits per heavy atom. The third-order valence-corrected chi connectivity index (χ3v) is 3.66. The average Bonchev–Trinajstić information content (AvgIpc) is 2.44. The first-order valence-electron chi connectivity index (χ1n) is 6.60. The fourth-order valence-corrected chi connectivity index (χ4v) is 2.28. The summed E-state index contributed by atoms with van der Waals surface area (Å²) in [6, 6.07) is 9.11. The van der Waals surface area contributed by atoms with Crippen LogP contribution in [0.2, 0.25) is 5.02 Å². The van der Waals surface area contributed by atoms with Crippen LogP contribution < -0.4 is 14.6 Å². The SMILES string of the molecule is COc1ccc(NC(=O)C[n+]2cccc(C)c2C)cc1Cl. The summed E-state index contributed by atoms with van der Waals surface area (Å²) in [6.07, 6.45) is 1.89. The number of amides is 1. The third kappa shape index (κ3) is 3.73. The number of hydrogen-bond donors (Lipinski definition) is 1. The van der Waals surface area contributed by atoms with Gasteiger partial charge in [0, 0.05) is 24.2 Å². The molecule has 0 saturated carbocycles. The lowest BCUT2D eigenvalue weighted by Gasteiger charge is -2.07. The Kier molecular flexibility index (Phi) is 4.81. The van der Waals surface area contributed by atoms with Crippen molar-refractivity contribution in [1.29, 1.82) is 0 Å². The Balaban J connectivity index is 2.08. The van der Waals surface area contributed by atoms with Gasteiger partial charge in [0.2, 0.25) is 6.54 Å². The molecule has 0 aliphatic carbocycles. The molecule has 0 spiro atoms. The number of pyridine rings is 1. The molecule has 0 bridgehead atoms. The van der Waals surface area contributed by atoms with Crippen molar-refractivity contribution in [3.8, 4) is 5.75 Å². The quantitative estimate of drug-likeness (QED) is 0.883. The van der Waals surface area contributed by atoms with E-state index in [4.69, 9.17) is 16.3 Å². The lowest BCUT2D eigenvalue weighted by Crippen LogP contribution is -2.43. The zero-order valence-electron chi connectivity index (χ0n) is 12.3. The number of aromatic nitrogens is 1. The minimum absolute atomic E-state index is 0.102. The summed E-state index contributed by atoms with van der Waals surface area (Å²) in [5, 5.41) is 3.30. The van der Waals surface area contributed by atoms with Crippen LogP contribution in [-0.4, -0.2) is 13.0 Å². The van der Waals surface area contributed by atoms with Crippen molar-refractivity contribution in [3.05, 3.63) is 52.8 Å². The van der Waals surface area contributed by atoms with Gasteiger partial charge in [0.25, 0.3) is 5.91 Å². The van der Waals surface area contributed by atoms with E-state index in [-0.39, 0.29) is 12.5 Å². The van der Waals surface area contributed by atoms with Crippen molar-refractivity contribution < 1.29 is 14.1 Å². The molecule has 21 heavy (non-hydrogen) atoms. The van der Waals surface area contributed by atoms with E-state index in [9.17, 15) is 4.79 Å².